The summed E-state index contributed by atoms with van der Waals surface area (Å²) >= 11 is 0. The summed E-state index contributed by atoms with van der Waals surface area (Å²) in [6.07, 6.45) is 2.66. The van der Waals surface area contributed by atoms with Gasteiger partial charge in [0.1, 0.15) is 29.5 Å². The van der Waals surface area contributed by atoms with Crippen LogP contribution >= 0.6 is 7.82 Å². The number of nitrogens with two attached hydrogens (primary N) is 1. The van der Waals surface area contributed by atoms with Gasteiger partial charge in [0.05, 0.1) is 19.3 Å². The highest BCUT2D eigenvalue weighted by molar-refractivity contribution is 7.48. The number of hydrogen-bond donors (Lipinski definition) is 3. The van der Waals surface area contributed by atoms with Crippen LogP contribution in [0.25, 0.3) is 0 Å². The van der Waals surface area contributed by atoms with Gasteiger partial charge in [-0.05, 0) is 30.7 Å². The molecule has 2 saturated heterocycles. The summed E-state index contributed by atoms with van der Waals surface area (Å²) in [4.78, 5) is 9.44. The molecule has 0 spiro atoms. The van der Waals surface area contributed by atoms with E-state index in [4.69, 9.17) is 24.0 Å². The molecule has 2 fully saturated rings. The number of hydrogen-bond acceptors (Lipinski definition) is 11. The molecule has 12 heteroatoms. The summed E-state index contributed by atoms with van der Waals surface area (Å²) < 4.78 is 35.3. The molecule has 0 amide bonds. The molecule has 0 radical (unpaired) electrons. The molecule has 6 atom stereocenters. The second kappa shape index (κ2) is 8.44. The number of pyridine rings is 1. The molecule has 0 saturated carbocycles. The van der Waals surface area contributed by atoms with Crippen molar-refractivity contribution in [1.82, 2.24) is 9.88 Å². The van der Waals surface area contributed by atoms with Crippen LogP contribution in [0.15, 0.2) is 54.2 Å². The van der Waals surface area contributed by atoms with E-state index in [0.29, 0.717) is 6.42 Å². The molecule has 3 aliphatic rings. The zero-order valence-corrected chi connectivity index (χ0v) is 17.8. The Bertz CT molecular complexity index is 942. The summed E-state index contributed by atoms with van der Waals surface area (Å²) in [5, 5.41) is 21.2. The third kappa shape index (κ3) is 4.44. The maximum Gasteiger partial charge on any atom is 0.475 e. The van der Waals surface area contributed by atoms with Gasteiger partial charge in [-0.3, -0.25) is 18.6 Å². The van der Waals surface area contributed by atoms with Crippen molar-refractivity contribution in [2.24, 2.45) is 10.7 Å². The van der Waals surface area contributed by atoms with Crippen LogP contribution in [0.4, 0.5) is 0 Å². The van der Waals surface area contributed by atoms with Gasteiger partial charge in [0.2, 0.25) is 0 Å². The molecule has 1 aromatic rings. The van der Waals surface area contributed by atoms with Crippen molar-refractivity contribution in [3.8, 4) is 0 Å². The molecule has 0 aliphatic carbocycles. The lowest BCUT2D eigenvalue weighted by Crippen LogP contribution is -2.44. The molecule has 4 heterocycles. The number of rotatable bonds is 5. The number of aromatic nitrogens is 1. The van der Waals surface area contributed by atoms with E-state index in [-0.39, 0.29) is 24.9 Å². The van der Waals surface area contributed by atoms with Crippen LogP contribution in [-0.2, 0) is 22.9 Å². The third-order valence-corrected chi connectivity index (χ3v) is 6.80. The van der Waals surface area contributed by atoms with Crippen LogP contribution in [0, 0.1) is 0 Å². The van der Waals surface area contributed by atoms with Crippen LogP contribution in [0.3, 0.4) is 0 Å². The number of phosphoric ester groups is 1. The minimum Gasteiger partial charge on any atom is -0.387 e. The normalized spacial score (nSPS) is 38.4. The Labute approximate surface area is 179 Å². The van der Waals surface area contributed by atoms with Gasteiger partial charge in [0, 0.05) is 25.0 Å². The van der Waals surface area contributed by atoms with Crippen molar-refractivity contribution in [1.29, 1.82) is 0 Å². The van der Waals surface area contributed by atoms with Gasteiger partial charge in [0.25, 0.3) is 0 Å². The van der Waals surface area contributed by atoms with Crippen LogP contribution < -0.4 is 5.73 Å². The van der Waals surface area contributed by atoms with E-state index in [1.165, 1.54) is 17.9 Å². The largest absolute Gasteiger partial charge is 0.475 e. The molecule has 1 aromatic heterocycles. The quantitative estimate of drug-likeness (QED) is 0.556. The standard InChI is InChI=1S/C19H25N4O7P/c1-12-22-15(20)5-9-23(12)18-16(24)17(25)19(2,29-18)11-28-31(26)27-10-6-14(30-31)13-3-7-21-8-4-13/h3-5,7-9,14,16-18,24-25H,1,6,10-11H2,2H3,(H2,20,22)/t14?,16-,17+,18-,19-,31?/m1/s1. The molecular formula is C19H25N4O7P. The summed E-state index contributed by atoms with van der Waals surface area (Å²) in [5.41, 5.74) is 5.04. The lowest BCUT2D eigenvalue weighted by molar-refractivity contribution is -0.126. The minimum atomic E-state index is -3.93. The second-order valence-corrected chi connectivity index (χ2v) is 9.27. The predicted octanol–water partition coefficient (Wildman–Crippen LogP) is 1.18. The average molecular weight is 452 g/mol. The number of aliphatic hydroxyl groups is 2. The van der Waals surface area contributed by atoms with Crippen molar-refractivity contribution >= 4 is 13.7 Å². The first kappa shape index (κ1) is 22.1. The molecule has 0 aromatic carbocycles. The maximum absolute atomic E-state index is 13.0. The second-order valence-electron chi connectivity index (χ2n) is 7.65. The van der Waals surface area contributed by atoms with Crippen molar-refractivity contribution < 1.29 is 33.1 Å². The molecule has 2 unspecified atom stereocenters. The monoisotopic (exact) mass is 452 g/mol. The first-order valence-electron chi connectivity index (χ1n) is 9.72. The highest BCUT2D eigenvalue weighted by Gasteiger charge is 2.54. The number of amidine groups is 1. The average Bonchev–Trinajstić information content (AvgIpc) is 2.98. The molecular weight excluding hydrogens is 427 g/mol. The zero-order valence-electron chi connectivity index (χ0n) is 16.9. The number of ether oxygens (including phenoxy) is 1. The van der Waals surface area contributed by atoms with Gasteiger partial charge in [-0.2, -0.15) is 0 Å². The molecule has 3 aliphatic heterocycles. The summed E-state index contributed by atoms with van der Waals surface area (Å²) in [5.74, 6) is 0.502. The van der Waals surface area contributed by atoms with Crippen LogP contribution in [0.2, 0.25) is 0 Å². The lowest BCUT2D eigenvalue weighted by atomic mass is 9.98. The van der Waals surface area contributed by atoms with Crippen LogP contribution in [0.5, 0.6) is 0 Å². The number of phosphoric acid groups is 1. The first-order valence-corrected chi connectivity index (χ1v) is 11.2. The molecule has 0 bridgehead atoms. The Balaban J connectivity index is 1.43. The number of nitrogens with zero attached hydrogens (tertiary/aromatic N) is 3. The molecule has 4 rings (SSSR count). The summed E-state index contributed by atoms with van der Waals surface area (Å²) in [6, 6.07) is 3.53. The van der Waals surface area contributed by atoms with E-state index in [0.717, 1.165) is 5.56 Å². The third-order valence-electron chi connectivity index (χ3n) is 5.34. The molecule has 11 nitrogen and oxygen atoms in total. The smallest absolute Gasteiger partial charge is 0.387 e. The fraction of sp³-hybridized carbons (Fsp3) is 0.474. The molecule has 31 heavy (non-hydrogen) atoms. The van der Waals surface area contributed by atoms with Gasteiger partial charge in [-0.1, -0.05) is 6.58 Å². The predicted molar refractivity (Wildman–Crippen MR) is 109 cm³/mol. The SMILES string of the molecule is C=C1N=C(N)C=CN1[C@@H]1O[C@](C)(COP2(=O)OCCC(c3ccncc3)O2)[C@@H](O)[C@H]1O. The Morgan fingerprint density at radius 1 is 1.42 bits per heavy atom. The van der Waals surface area contributed by atoms with Gasteiger partial charge in [-0.25, -0.2) is 9.56 Å². The van der Waals surface area contributed by atoms with E-state index in [1.807, 2.05) is 0 Å². The Kier molecular flexibility index (Phi) is 6.01. The fourth-order valence-corrected chi connectivity index (χ4v) is 5.06. The van der Waals surface area contributed by atoms with Gasteiger partial charge >= 0.3 is 7.82 Å². The van der Waals surface area contributed by atoms with Gasteiger partial charge in [0.15, 0.2) is 6.23 Å². The zero-order chi connectivity index (χ0) is 22.2. The van der Waals surface area contributed by atoms with E-state index < -0.39 is 38.0 Å². The summed E-state index contributed by atoms with van der Waals surface area (Å²) in [6.45, 7) is 5.14. The van der Waals surface area contributed by atoms with Crippen molar-refractivity contribution in [2.75, 3.05) is 13.2 Å². The van der Waals surface area contributed by atoms with Gasteiger partial charge < -0.3 is 25.6 Å². The van der Waals surface area contributed by atoms with Crippen molar-refractivity contribution in [3.05, 3.63) is 54.8 Å². The molecule has 168 valence electrons. The fourth-order valence-electron chi connectivity index (χ4n) is 3.58. The lowest BCUT2D eigenvalue weighted by Gasteiger charge is -2.33. The minimum absolute atomic E-state index is 0.174. The number of aliphatic hydroxyl groups excluding tert-OH is 2. The topological polar surface area (TPSA) is 149 Å². The van der Waals surface area contributed by atoms with Crippen LogP contribution in [-0.4, -0.2) is 63.2 Å². The van der Waals surface area contributed by atoms with Crippen LogP contribution in [0.1, 0.15) is 25.0 Å². The van der Waals surface area contributed by atoms with E-state index >= 15 is 0 Å². The van der Waals surface area contributed by atoms with E-state index in [1.54, 1.807) is 30.7 Å². The Morgan fingerprint density at radius 3 is 2.87 bits per heavy atom. The highest BCUT2D eigenvalue weighted by atomic mass is 31.2. The Morgan fingerprint density at radius 2 is 2.16 bits per heavy atom. The molecule has 4 N–H and O–H groups in total. The van der Waals surface area contributed by atoms with E-state index in [2.05, 4.69) is 16.6 Å². The van der Waals surface area contributed by atoms with E-state index in [9.17, 15) is 14.8 Å². The highest BCUT2D eigenvalue weighted by Crippen LogP contribution is 2.57. The Hall–Kier alpha value is -2.11. The summed E-state index contributed by atoms with van der Waals surface area (Å²) in [7, 11) is -3.93. The van der Waals surface area contributed by atoms with Crippen molar-refractivity contribution in [2.45, 2.75) is 43.5 Å². The first-order chi connectivity index (χ1) is 14.7. The maximum atomic E-state index is 13.0. The van der Waals surface area contributed by atoms with Gasteiger partial charge in [-0.15, -0.1) is 0 Å². The van der Waals surface area contributed by atoms with Crippen molar-refractivity contribution in [3.63, 3.8) is 0 Å². The number of aliphatic imine (C=N–C) groups is 1.